The Bertz CT molecular complexity index is 476. The average molecular weight is 282 g/mol. The third-order valence-electron chi connectivity index (χ3n) is 3.52. The molecule has 1 aromatic rings. The van der Waals surface area contributed by atoms with Crippen LogP contribution in [0, 0.1) is 12.8 Å². The van der Waals surface area contributed by atoms with Crippen molar-refractivity contribution in [2.45, 2.75) is 46.1 Å². The van der Waals surface area contributed by atoms with Gasteiger partial charge < -0.3 is 10.0 Å². The molecule has 1 fully saturated rings. The molecule has 4 nitrogen and oxygen atoms in total. The molecule has 0 spiro atoms. The summed E-state index contributed by atoms with van der Waals surface area (Å²) in [6, 6.07) is 0. The van der Waals surface area contributed by atoms with Gasteiger partial charge in [0.25, 0.3) is 5.91 Å². The molecule has 0 aliphatic carbocycles. The molecule has 1 saturated heterocycles. The first kappa shape index (κ1) is 14.5. The van der Waals surface area contributed by atoms with Crippen molar-refractivity contribution in [1.29, 1.82) is 0 Å². The van der Waals surface area contributed by atoms with Gasteiger partial charge in [-0.25, -0.2) is 4.98 Å². The van der Waals surface area contributed by atoms with Gasteiger partial charge in [0.1, 0.15) is 4.88 Å². The van der Waals surface area contributed by atoms with E-state index in [-0.39, 0.29) is 5.91 Å². The molecule has 1 aromatic heterocycles. The predicted octanol–water partition coefficient (Wildman–Crippen LogP) is 2.25. The minimum atomic E-state index is -0.673. The maximum atomic E-state index is 12.4. The zero-order valence-corrected chi connectivity index (χ0v) is 12.9. The first-order valence-electron chi connectivity index (χ1n) is 6.82. The van der Waals surface area contributed by atoms with Gasteiger partial charge in [0.2, 0.25) is 0 Å². The Morgan fingerprint density at radius 3 is 2.68 bits per heavy atom. The highest BCUT2D eigenvalue weighted by molar-refractivity contribution is 7.13. The van der Waals surface area contributed by atoms with Crippen molar-refractivity contribution in [1.82, 2.24) is 9.88 Å². The molecule has 0 aromatic carbocycles. The van der Waals surface area contributed by atoms with Gasteiger partial charge >= 0.3 is 0 Å². The molecule has 1 aliphatic rings. The average Bonchev–Trinajstić information content (AvgIpc) is 2.64. The minimum absolute atomic E-state index is 0.0272. The zero-order valence-electron chi connectivity index (χ0n) is 12.1. The molecule has 19 heavy (non-hydrogen) atoms. The lowest BCUT2D eigenvalue weighted by Gasteiger charge is -2.45. The summed E-state index contributed by atoms with van der Waals surface area (Å²) >= 11 is 1.47. The van der Waals surface area contributed by atoms with Crippen molar-refractivity contribution < 1.29 is 9.90 Å². The second-order valence-corrected chi connectivity index (χ2v) is 7.05. The number of hydrogen-bond acceptors (Lipinski definition) is 4. The van der Waals surface area contributed by atoms with Crippen LogP contribution in [0.3, 0.4) is 0 Å². The molecule has 0 saturated carbocycles. The number of nitrogens with zero attached hydrogens (tertiary/aromatic N) is 2. The van der Waals surface area contributed by atoms with Crippen LogP contribution in [-0.2, 0) is 6.42 Å². The molecule has 106 valence electrons. The Balaban J connectivity index is 2.12. The van der Waals surface area contributed by atoms with Gasteiger partial charge in [-0.15, -0.1) is 11.3 Å². The van der Waals surface area contributed by atoms with Gasteiger partial charge in [-0.2, -0.15) is 0 Å². The van der Waals surface area contributed by atoms with E-state index in [2.05, 4.69) is 18.8 Å². The number of rotatable bonds is 4. The van der Waals surface area contributed by atoms with Gasteiger partial charge in [0, 0.05) is 0 Å². The molecule has 0 bridgehead atoms. The number of aromatic nitrogens is 1. The second kappa shape index (κ2) is 5.21. The Kier molecular flexibility index (Phi) is 3.97. The lowest BCUT2D eigenvalue weighted by molar-refractivity contribution is -0.0825. The predicted molar refractivity (Wildman–Crippen MR) is 76.5 cm³/mol. The molecule has 0 atom stereocenters. The number of likely N-dealkylation sites (tertiary alicyclic amines) is 1. The first-order chi connectivity index (χ1) is 8.84. The number of β-amino-alcohol motifs (C(OH)–C–C–N with tert-alkyl or cyclic N) is 1. The molecule has 1 aliphatic heterocycles. The lowest BCUT2D eigenvalue weighted by atomic mass is 9.91. The van der Waals surface area contributed by atoms with E-state index in [1.54, 1.807) is 4.90 Å². The van der Waals surface area contributed by atoms with Crippen molar-refractivity contribution in [3.05, 3.63) is 15.6 Å². The van der Waals surface area contributed by atoms with Crippen LogP contribution >= 0.6 is 11.3 Å². The topological polar surface area (TPSA) is 53.4 Å². The van der Waals surface area contributed by atoms with E-state index in [0.29, 0.717) is 25.4 Å². The summed E-state index contributed by atoms with van der Waals surface area (Å²) in [7, 11) is 0. The summed E-state index contributed by atoms with van der Waals surface area (Å²) < 4.78 is 0. The molecule has 2 rings (SSSR count). The van der Waals surface area contributed by atoms with Gasteiger partial charge in [0.15, 0.2) is 0 Å². The number of aryl methyl sites for hydroxylation is 1. The maximum absolute atomic E-state index is 12.4. The molecule has 1 amide bonds. The van der Waals surface area contributed by atoms with E-state index < -0.39 is 5.60 Å². The lowest BCUT2D eigenvalue weighted by Crippen LogP contribution is -2.63. The van der Waals surface area contributed by atoms with Crippen molar-refractivity contribution in [3.63, 3.8) is 0 Å². The SMILES string of the molecule is CCC1(O)CN(C(=O)c2sc(C)nc2CC(C)C)C1. The fraction of sp³-hybridized carbons (Fsp3) is 0.714. The van der Waals surface area contributed by atoms with Crippen LogP contribution in [0.15, 0.2) is 0 Å². The van der Waals surface area contributed by atoms with Crippen LogP contribution in [0.5, 0.6) is 0 Å². The Morgan fingerprint density at radius 1 is 1.53 bits per heavy atom. The molecule has 0 radical (unpaired) electrons. The van der Waals surface area contributed by atoms with E-state index >= 15 is 0 Å². The molecule has 5 heteroatoms. The minimum Gasteiger partial charge on any atom is -0.386 e. The van der Waals surface area contributed by atoms with Crippen molar-refractivity contribution in [2.75, 3.05) is 13.1 Å². The van der Waals surface area contributed by atoms with E-state index in [4.69, 9.17) is 0 Å². The van der Waals surface area contributed by atoms with Gasteiger partial charge in [-0.3, -0.25) is 4.79 Å². The summed E-state index contributed by atoms with van der Waals surface area (Å²) in [4.78, 5) is 19.4. The molecule has 2 heterocycles. The van der Waals surface area contributed by atoms with Crippen LogP contribution in [-0.4, -0.2) is 39.6 Å². The van der Waals surface area contributed by atoms with Crippen molar-refractivity contribution in [3.8, 4) is 0 Å². The zero-order chi connectivity index (χ0) is 14.2. The standard InChI is InChI=1S/C14H22N2O2S/c1-5-14(18)7-16(8-14)13(17)12-11(6-9(2)3)15-10(4)19-12/h9,18H,5-8H2,1-4H3. The largest absolute Gasteiger partial charge is 0.386 e. The highest BCUT2D eigenvalue weighted by Crippen LogP contribution is 2.29. The smallest absolute Gasteiger partial charge is 0.266 e. The Labute approximate surface area is 118 Å². The molecular weight excluding hydrogens is 260 g/mol. The third-order valence-corrected chi connectivity index (χ3v) is 4.52. The van der Waals surface area contributed by atoms with Crippen molar-refractivity contribution in [2.24, 2.45) is 5.92 Å². The van der Waals surface area contributed by atoms with Crippen LogP contribution in [0.25, 0.3) is 0 Å². The van der Waals surface area contributed by atoms with Crippen molar-refractivity contribution >= 4 is 17.2 Å². The van der Waals surface area contributed by atoms with E-state index in [1.165, 1.54) is 11.3 Å². The quantitative estimate of drug-likeness (QED) is 0.921. The number of hydrogen-bond donors (Lipinski definition) is 1. The molecular formula is C14H22N2O2S. The first-order valence-corrected chi connectivity index (χ1v) is 7.64. The molecule has 0 unspecified atom stereocenters. The number of amides is 1. The summed E-state index contributed by atoms with van der Waals surface area (Å²) in [6.07, 6.45) is 1.52. The normalized spacial score (nSPS) is 17.7. The summed E-state index contributed by atoms with van der Waals surface area (Å²) in [5, 5.41) is 10.9. The van der Waals surface area contributed by atoms with Gasteiger partial charge in [0.05, 0.1) is 29.4 Å². The highest BCUT2D eigenvalue weighted by Gasteiger charge is 2.43. The van der Waals surface area contributed by atoms with E-state index in [0.717, 1.165) is 22.0 Å². The van der Waals surface area contributed by atoms with E-state index in [9.17, 15) is 9.90 Å². The van der Waals surface area contributed by atoms with Gasteiger partial charge in [-0.05, 0) is 25.7 Å². The maximum Gasteiger partial charge on any atom is 0.266 e. The summed E-state index contributed by atoms with van der Waals surface area (Å²) in [5.41, 5.74) is 0.239. The number of carbonyl (C=O) groups excluding carboxylic acids is 1. The number of aliphatic hydroxyl groups is 1. The fourth-order valence-electron chi connectivity index (χ4n) is 2.34. The highest BCUT2D eigenvalue weighted by atomic mass is 32.1. The second-order valence-electron chi connectivity index (χ2n) is 5.85. The summed E-state index contributed by atoms with van der Waals surface area (Å²) in [5.74, 6) is 0.511. The number of thiazole rings is 1. The van der Waals surface area contributed by atoms with E-state index in [1.807, 2.05) is 13.8 Å². The van der Waals surface area contributed by atoms with Crippen LogP contribution < -0.4 is 0 Å². The summed E-state index contributed by atoms with van der Waals surface area (Å²) in [6.45, 7) is 9.03. The third kappa shape index (κ3) is 2.98. The van der Waals surface area contributed by atoms with Crippen LogP contribution in [0.2, 0.25) is 0 Å². The van der Waals surface area contributed by atoms with Crippen LogP contribution in [0.4, 0.5) is 0 Å². The number of carbonyl (C=O) groups is 1. The fourth-order valence-corrected chi connectivity index (χ4v) is 3.25. The molecule has 1 N–H and O–H groups in total. The Hall–Kier alpha value is -0.940. The van der Waals surface area contributed by atoms with Gasteiger partial charge in [-0.1, -0.05) is 20.8 Å². The Morgan fingerprint density at radius 2 is 2.16 bits per heavy atom. The monoisotopic (exact) mass is 282 g/mol. The van der Waals surface area contributed by atoms with Crippen LogP contribution in [0.1, 0.15) is 47.6 Å².